The second-order valence-corrected chi connectivity index (χ2v) is 4.33. The van der Waals surface area contributed by atoms with E-state index in [0.29, 0.717) is 10.8 Å². The first kappa shape index (κ1) is 11.0. The number of nitrogens with one attached hydrogen (secondary N) is 1. The van der Waals surface area contributed by atoms with Gasteiger partial charge in [-0.2, -0.15) is 0 Å². The molecule has 0 aromatic carbocycles. The summed E-state index contributed by atoms with van der Waals surface area (Å²) >= 11 is 1.31. The number of aromatic nitrogens is 1. The van der Waals surface area contributed by atoms with Crippen molar-refractivity contribution in [3.63, 3.8) is 0 Å². The van der Waals surface area contributed by atoms with Gasteiger partial charge in [-0.25, -0.2) is 9.78 Å². The minimum Gasteiger partial charge on any atom is -0.465 e. The van der Waals surface area contributed by atoms with E-state index in [9.17, 15) is 4.79 Å². The quantitative estimate of drug-likeness (QED) is 0.779. The van der Waals surface area contributed by atoms with Gasteiger partial charge in [0.1, 0.15) is 4.88 Å². The van der Waals surface area contributed by atoms with Crippen LogP contribution in [0.25, 0.3) is 0 Å². The highest BCUT2D eigenvalue weighted by Crippen LogP contribution is 2.18. The highest BCUT2D eigenvalue weighted by atomic mass is 32.1. The molecule has 14 heavy (non-hydrogen) atoms. The molecule has 0 aliphatic heterocycles. The van der Waals surface area contributed by atoms with Crippen LogP contribution in [-0.2, 0) is 4.74 Å². The highest BCUT2D eigenvalue weighted by Gasteiger charge is 2.09. The van der Waals surface area contributed by atoms with Crippen molar-refractivity contribution in [2.24, 2.45) is 5.92 Å². The summed E-state index contributed by atoms with van der Waals surface area (Å²) in [6.45, 7) is 5.08. The average molecular weight is 214 g/mol. The normalized spacial score (nSPS) is 10.3. The van der Waals surface area contributed by atoms with E-state index in [0.717, 1.165) is 11.7 Å². The minimum absolute atomic E-state index is 0.333. The molecule has 5 heteroatoms. The maximum Gasteiger partial charge on any atom is 0.349 e. The lowest BCUT2D eigenvalue weighted by Gasteiger charge is -2.04. The summed E-state index contributed by atoms with van der Waals surface area (Å²) in [5.74, 6) is 0.223. The summed E-state index contributed by atoms with van der Waals surface area (Å²) in [7, 11) is 1.36. The molecule has 1 heterocycles. The molecular formula is C9H14N2O2S. The summed E-state index contributed by atoms with van der Waals surface area (Å²) in [5, 5.41) is 3.91. The fourth-order valence-corrected chi connectivity index (χ4v) is 1.58. The molecule has 0 fully saturated rings. The van der Waals surface area contributed by atoms with Crippen molar-refractivity contribution < 1.29 is 9.53 Å². The van der Waals surface area contributed by atoms with Crippen molar-refractivity contribution in [3.8, 4) is 0 Å². The maximum absolute atomic E-state index is 11.1. The Balaban J connectivity index is 2.55. The molecule has 0 bridgehead atoms. The lowest BCUT2D eigenvalue weighted by molar-refractivity contribution is 0.0606. The van der Waals surface area contributed by atoms with E-state index in [1.807, 2.05) is 0 Å². The van der Waals surface area contributed by atoms with Crippen molar-refractivity contribution in [2.45, 2.75) is 13.8 Å². The van der Waals surface area contributed by atoms with Gasteiger partial charge in [-0.3, -0.25) is 0 Å². The summed E-state index contributed by atoms with van der Waals surface area (Å²) in [4.78, 5) is 15.7. The number of thiazole rings is 1. The van der Waals surface area contributed by atoms with Gasteiger partial charge in [0.2, 0.25) is 0 Å². The first-order chi connectivity index (χ1) is 6.63. The topological polar surface area (TPSA) is 51.2 Å². The van der Waals surface area contributed by atoms with Crippen molar-refractivity contribution >= 4 is 22.4 Å². The second-order valence-electron chi connectivity index (χ2n) is 3.30. The Morgan fingerprint density at radius 1 is 1.71 bits per heavy atom. The Labute approximate surface area is 87.3 Å². The summed E-state index contributed by atoms with van der Waals surface area (Å²) in [5.41, 5.74) is 0. The number of ether oxygens (including phenoxy) is 1. The van der Waals surface area contributed by atoms with Crippen LogP contribution in [0.3, 0.4) is 0 Å². The lowest BCUT2D eigenvalue weighted by atomic mass is 10.2. The number of rotatable bonds is 4. The van der Waals surface area contributed by atoms with Crippen LogP contribution in [0, 0.1) is 5.92 Å². The second kappa shape index (κ2) is 4.95. The summed E-state index contributed by atoms with van der Waals surface area (Å²) in [6, 6.07) is 0. The van der Waals surface area contributed by atoms with Crippen LogP contribution in [0.15, 0.2) is 6.20 Å². The molecule has 0 aliphatic rings. The van der Waals surface area contributed by atoms with Crippen LogP contribution in [0.1, 0.15) is 23.5 Å². The maximum atomic E-state index is 11.1. The van der Waals surface area contributed by atoms with Gasteiger partial charge in [-0.05, 0) is 5.92 Å². The van der Waals surface area contributed by atoms with Crippen LogP contribution >= 0.6 is 11.3 Å². The Hall–Kier alpha value is -1.10. The fraction of sp³-hybridized carbons (Fsp3) is 0.556. The number of carbonyl (C=O) groups excluding carboxylic acids is 1. The van der Waals surface area contributed by atoms with E-state index in [2.05, 4.69) is 28.9 Å². The molecule has 1 N–H and O–H groups in total. The Morgan fingerprint density at radius 3 is 3.00 bits per heavy atom. The van der Waals surface area contributed by atoms with Crippen molar-refractivity contribution in [2.75, 3.05) is 19.0 Å². The minimum atomic E-state index is -0.333. The van der Waals surface area contributed by atoms with E-state index in [-0.39, 0.29) is 5.97 Å². The Kier molecular flexibility index (Phi) is 3.88. The molecule has 1 aromatic heterocycles. The first-order valence-corrected chi connectivity index (χ1v) is 5.23. The standard InChI is InChI=1S/C9H14N2O2S/c1-6(2)4-10-9-11-5-7(14-9)8(12)13-3/h5-6H,4H2,1-3H3,(H,10,11). The zero-order valence-corrected chi connectivity index (χ0v) is 9.35. The number of anilines is 1. The third-order valence-electron chi connectivity index (χ3n) is 1.55. The number of esters is 1. The van der Waals surface area contributed by atoms with Gasteiger partial charge in [0, 0.05) is 6.54 Å². The third-order valence-corrected chi connectivity index (χ3v) is 2.49. The molecule has 0 saturated carbocycles. The van der Waals surface area contributed by atoms with Gasteiger partial charge in [0.25, 0.3) is 0 Å². The number of nitrogens with zero attached hydrogens (tertiary/aromatic N) is 1. The number of hydrogen-bond donors (Lipinski definition) is 1. The molecule has 0 atom stereocenters. The molecule has 0 unspecified atom stereocenters. The SMILES string of the molecule is COC(=O)c1cnc(NCC(C)C)s1. The van der Waals surface area contributed by atoms with Crippen LogP contribution < -0.4 is 5.32 Å². The van der Waals surface area contributed by atoms with E-state index in [1.54, 1.807) is 0 Å². The molecule has 0 saturated heterocycles. The van der Waals surface area contributed by atoms with E-state index in [1.165, 1.54) is 24.6 Å². The molecule has 0 amide bonds. The molecule has 0 spiro atoms. The van der Waals surface area contributed by atoms with E-state index >= 15 is 0 Å². The summed E-state index contributed by atoms with van der Waals surface area (Å²) < 4.78 is 4.58. The summed E-state index contributed by atoms with van der Waals surface area (Å²) in [6.07, 6.45) is 1.53. The van der Waals surface area contributed by atoms with Gasteiger partial charge in [0.05, 0.1) is 13.3 Å². The fourth-order valence-electron chi connectivity index (χ4n) is 0.842. The van der Waals surface area contributed by atoms with Crippen LogP contribution in [0.2, 0.25) is 0 Å². The van der Waals surface area contributed by atoms with Crippen LogP contribution in [0.5, 0.6) is 0 Å². The van der Waals surface area contributed by atoms with E-state index < -0.39 is 0 Å². The Morgan fingerprint density at radius 2 is 2.43 bits per heavy atom. The predicted octanol–water partition coefficient (Wildman–Crippen LogP) is 2.00. The van der Waals surface area contributed by atoms with Gasteiger partial charge < -0.3 is 10.1 Å². The van der Waals surface area contributed by atoms with E-state index in [4.69, 9.17) is 0 Å². The van der Waals surface area contributed by atoms with Crippen LogP contribution in [-0.4, -0.2) is 24.6 Å². The molecular weight excluding hydrogens is 200 g/mol. The number of methoxy groups -OCH3 is 1. The zero-order chi connectivity index (χ0) is 10.6. The first-order valence-electron chi connectivity index (χ1n) is 4.41. The highest BCUT2D eigenvalue weighted by molar-refractivity contribution is 7.17. The zero-order valence-electron chi connectivity index (χ0n) is 8.53. The van der Waals surface area contributed by atoms with Crippen molar-refractivity contribution in [1.82, 2.24) is 4.98 Å². The third kappa shape index (κ3) is 2.99. The van der Waals surface area contributed by atoms with Gasteiger partial charge in [0.15, 0.2) is 5.13 Å². The largest absolute Gasteiger partial charge is 0.465 e. The molecule has 4 nitrogen and oxygen atoms in total. The lowest BCUT2D eigenvalue weighted by Crippen LogP contribution is -2.07. The predicted molar refractivity (Wildman–Crippen MR) is 56.8 cm³/mol. The van der Waals surface area contributed by atoms with Gasteiger partial charge >= 0.3 is 5.97 Å². The van der Waals surface area contributed by atoms with Crippen LogP contribution in [0.4, 0.5) is 5.13 Å². The van der Waals surface area contributed by atoms with Gasteiger partial charge in [-0.1, -0.05) is 25.2 Å². The number of hydrogen-bond acceptors (Lipinski definition) is 5. The molecule has 1 rings (SSSR count). The molecule has 78 valence electrons. The van der Waals surface area contributed by atoms with Crippen molar-refractivity contribution in [3.05, 3.63) is 11.1 Å². The molecule has 0 aliphatic carbocycles. The average Bonchev–Trinajstić information content (AvgIpc) is 2.62. The molecule has 1 aromatic rings. The van der Waals surface area contributed by atoms with Crippen molar-refractivity contribution in [1.29, 1.82) is 0 Å². The number of carbonyl (C=O) groups is 1. The molecule has 0 radical (unpaired) electrons. The smallest absolute Gasteiger partial charge is 0.349 e. The monoisotopic (exact) mass is 214 g/mol. The Bertz CT molecular complexity index is 310. The van der Waals surface area contributed by atoms with Gasteiger partial charge in [-0.15, -0.1) is 0 Å².